The van der Waals surface area contributed by atoms with Gasteiger partial charge in [-0.25, -0.2) is 0 Å². The van der Waals surface area contributed by atoms with Crippen molar-refractivity contribution in [3.8, 4) is 0 Å². The van der Waals surface area contributed by atoms with Crippen LogP contribution in [0.15, 0.2) is 22.7 Å². The summed E-state index contributed by atoms with van der Waals surface area (Å²) in [6.45, 7) is 1.76. The van der Waals surface area contributed by atoms with Gasteiger partial charge in [0, 0.05) is 16.9 Å². The number of hydrogen-bond donors (Lipinski definition) is 2. The molecule has 1 rings (SSSR count). The van der Waals surface area contributed by atoms with Gasteiger partial charge in [-0.15, -0.1) is 0 Å². The fraction of sp³-hybridized carbons (Fsp3) is 0.333. The number of amides is 1. The number of carbonyl (C=O) groups excluding carboxylic acids is 1. The summed E-state index contributed by atoms with van der Waals surface area (Å²) in [6, 6.07) is 4.86. The van der Waals surface area contributed by atoms with Gasteiger partial charge in [-0.2, -0.15) is 0 Å². The summed E-state index contributed by atoms with van der Waals surface area (Å²) in [5.74, 6) is -1.18. The highest BCUT2D eigenvalue weighted by Gasteiger charge is 2.15. The molecule has 0 aliphatic rings. The summed E-state index contributed by atoms with van der Waals surface area (Å²) in [5.41, 5.74) is 0.369. The van der Waals surface area contributed by atoms with Crippen molar-refractivity contribution in [3.63, 3.8) is 0 Å². The lowest BCUT2D eigenvalue weighted by molar-refractivity contribution is -0.137. The molecule has 2 N–H and O–H groups in total. The lowest BCUT2D eigenvalue weighted by atomic mass is 10.1. The third-order valence-electron chi connectivity index (χ3n) is 2.36. The Labute approximate surface area is 118 Å². The molecule has 0 fully saturated rings. The molecular formula is C12H13BrClNO3. The quantitative estimate of drug-likeness (QED) is 0.869. The molecule has 1 aromatic carbocycles. The molecule has 0 saturated heterocycles. The predicted molar refractivity (Wildman–Crippen MR) is 73.0 cm³/mol. The zero-order chi connectivity index (χ0) is 13.7. The van der Waals surface area contributed by atoms with Gasteiger partial charge in [-0.1, -0.05) is 17.7 Å². The molecule has 1 unspecified atom stereocenters. The number of aliphatic carboxylic acids is 1. The number of hydrogen-bond acceptors (Lipinski definition) is 2. The minimum absolute atomic E-state index is 0.0215. The first-order chi connectivity index (χ1) is 8.41. The maximum absolute atomic E-state index is 11.9. The van der Waals surface area contributed by atoms with Crippen LogP contribution in [0, 0.1) is 0 Å². The van der Waals surface area contributed by atoms with E-state index in [9.17, 15) is 9.59 Å². The molecule has 0 aliphatic carbocycles. The van der Waals surface area contributed by atoms with Crippen molar-refractivity contribution >= 4 is 39.4 Å². The Morgan fingerprint density at radius 1 is 1.50 bits per heavy atom. The Morgan fingerprint density at radius 3 is 2.78 bits per heavy atom. The molecule has 0 spiro atoms. The fourth-order valence-electron chi connectivity index (χ4n) is 1.39. The van der Waals surface area contributed by atoms with Gasteiger partial charge in [-0.05, 0) is 41.4 Å². The van der Waals surface area contributed by atoms with Crippen LogP contribution in [0.1, 0.15) is 30.1 Å². The second kappa shape index (κ2) is 6.75. The van der Waals surface area contributed by atoms with E-state index in [1.54, 1.807) is 25.1 Å². The highest BCUT2D eigenvalue weighted by Crippen LogP contribution is 2.25. The summed E-state index contributed by atoms with van der Waals surface area (Å²) < 4.78 is 0.648. The molecule has 1 aromatic rings. The van der Waals surface area contributed by atoms with E-state index in [4.69, 9.17) is 16.7 Å². The van der Waals surface area contributed by atoms with Gasteiger partial charge in [0.25, 0.3) is 5.91 Å². The number of halogens is 2. The van der Waals surface area contributed by atoms with Gasteiger partial charge in [0.05, 0.1) is 10.6 Å². The number of carboxylic acid groups (broad SMARTS) is 1. The average molecular weight is 335 g/mol. The number of nitrogens with one attached hydrogen (secondary N) is 1. The normalized spacial score (nSPS) is 11.9. The van der Waals surface area contributed by atoms with Crippen LogP contribution in [0.5, 0.6) is 0 Å². The minimum atomic E-state index is -0.878. The molecular weight excluding hydrogens is 321 g/mol. The SMILES string of the molecule is CC(CCC(=O)O)NC(=O)c1cccc(Br)c1Cl. The van der Waals surface area contributed by atoms with Gasteiger partial charge < -0.3 is 10.4 Å². The van der Waals surface area contributed by atoms with Crippen LogP contribution in [0.2, 0.25) is 5.02 Å². The van der Waals surface area contributed by atoms with Crippen LogP contribution in [0.3, 0.4) is 0 Å². The van der Waals surface area contributed by atoms with E-state index in [1.165, 1.54) is 0 Å². The van der Waals surface area contributed by atoms with Crippen LogP contribution in [0.25, 0.3) is 0 Å². The van der Waals surface area contributed by atoms with Crippen molar-refractivity contribution in [1.29, 1.82) is 0 Å². The molecule has 18 heavy (non-hydrogen) atoms. The molecule has 0 aromatic heterocycles. The molecule has 98 valence electrons. The Hall–Kier alpha value is -1.07. The van der Waals surface area contributed by atoms with E-state index in [0.717, 1.165) is 0 Å². The topological polar surface area (TPSA) is 66.4 Å². The van der Waals surface area contributed by atoms with Gasteiger partial charge >= 0.3 is 5.97 Å². The third-order valence-corrected chi connectivity index (χ3v) is 3.66. The zero-order valence-corrected chi connectivity index (χ0v) is 12.1. The smallest absolute Gasteiger partial charge is 0.303 e. The predicted octanol–water partition coefficient (Wildman–Crippen LogP) is 3.09. The lowest BCUT2D eigenvalue weighted by Crippen LogP contribution is -2.33. The molecule has 0 radical (unpaired) electrons. The first-order valence-corrected chi connectivity index (χ1v) is 6.55. The van der Waals surface area contributed by atoms with Crippen molar-refractivity contribution in [2.45, 2.75) is 25.8 Å². The second-order valence-electron chi connectivity index (χ2n) is 3.91. The third kappa shape index (κ3) is 4.31. The average Bonchev–Trinajstić information content (AvgIpc) is 2.30. The van der Waals surface area contributed by atoms with E-state index in [0.29, 0.717) is 21.5 Å². The largest absolute Gasteiger partial charge is 0.481 e. The van der Waals surface area contributed by atoms with Crippen molar-refractivity contribution in [1.82, 2.24) is 5.32 Å². The van der Waals surface area contributed by atoms with E-state index >= 15 is 0 Å². The summed E-state index contributed by atoms with van der Waals surface area (Å²) in [5, 5.41) is 11.6. The van der Waals surface area contributed by atoms with Crippen molar-refractivity contribution in [2.75, 3.05) is 0 Å². The Morgan fingerprint density at radius 2 is 2.17 bits per heavy atom. The van der Waals surface area contributed by atoms with Gasteiger partial charge in [0.1, 0.15) is 0 Å². The van der Waals surface area contributed by atoms with Crippen LogP contribution in [-0.2, 0) is 4.79 Å². The molecule has 0 bridgehead atoms. The monoisotopic (exact) mass is 333 g/mol. The summed E-state index contributed by atoms with van der Waals surface area (Å²) in [4.78, 5) is 22.3. The van der Waals surface area contributed by atoms with E-state index in [-0.39, 0.29) is 18.4 Å². The molecule has 0 aliphatic heterocycles. The zero-order valence-electron chi connectivity index (χ0n) is 9.74. The van der Waals surface area contributed by atoms with E-state index in [2.05, 4.69) is 21.2 Å². The van der Waals surface area contributed by atoms with Crippen molar-refractivity contribution in [3.05, 3.63) is 33.3 Å². The minimum Gasteiger partial charge on any atom is -0.481 e. The van der Waals surface area contributed by atoms with Crippen LogP contribution < -0.4 is 5.32 Å². The molecule has 6 heteroatoms. The molecule has 0 heterocycles. The first kappa shape index (κ1) is 15.0. The van der Waals surface area contributed by atoms with Crippen molar-refractivity contribution < 1.29 is 14.7 Å². The van der Waals surface area contributed by atoms with Crippen LogP contribution >= 0.6 is 27.5 Å². The Balaban J connectivity index is 2.65. The highest BCUT2D eigenvalue weighted by molar-refractivity contribution is 9.10. The first-order valence-electron chi connectivity index (χ1n) is 5.38. The number of rotatable bonds is 5. The number of benzene rings is 1. The Kier molecular flexibility index (Phi) is 5.62. The summed E-state index contributed by atoms with van der Waals surface area (Å²) in [7, 11) is 0. The van der Waals surface area contributed by atoms with E-state index < -0.39 is 5.97 Å². The molecule has 4 nitrogen and oxygen atoms in total. The molecule has 0 saturated carbocycles. The van der Waals surface area contributed by atoms with Crippen LogP contribution in [0.4, 0.5) is 0 Å². The van der Waals surface area contributed by atoms with Gasteiger partial charge in [0.15, 0.2) is 0 Å². The second-order valence-corrected chi connectivity index (χ2v) is 5.14. The summed E-state index contributed by atoms with van der Waals surface area (Å²) >= 11 is 9.24. The molecule has 1 amide bonds. The highest BCUT2D eigenvalue weighted by atomic mass is 79.9. The maximum Gasteiger partial charge on any atom is 0.303 e. The maximum atomic E-state index is 11.9. The van der Waals surface area contributed by atoms with Gasteiger partial charge in [-0.3, -0.25) is 9.59 Å². The number of carboxylic acids is 1. The summed E-state index contributed by atoms with van der Waals surface area (Å²) in [6.07, 6.45) is 0.403. The van der Waals surface area contributed by atoms with Gasteiger partial charge in [0.2, 0.25) is 0 Å². The van der Waals surface area contributed by atoms with E-state index in [1.807, 2.05) is 0 Å². The van der Waals surface area contributed by atoms with Crippen LogP contribution in [-0.4, -0.2) is 23.0 Å². The molecule has 1 atom stereocenters. The lowest BCUT2D eigenvalue weighted by Gasteiger charge is -2.13. The Bertz CT molecular complexity index is 465. The number of carbonyl (C=O) groups is 2. The van der Waals surface area contributed by atoms with Crippen molar-refractivity contribution in [2.24, 2.45) is 0 Å². The standard InChI is InChI=1S/C12H13BrClNO3/c1-7(5-6-10(16)17)15-12(18)8-3-2-4-9(13)11(8)14/h2-4,7H,5-6H2,1H3,(H,15,18)(H,16,17). The fourth-order valence-corrected chi connectivity index (χ4v) is 1.97.